The zero-order valence-electron chi connectivity index (χ0n) is 11.7. The van der Waals surface area contributed by atoms with E-state index in [1.807, 2.05) is 0 Å². The van der Waals surface area contributed by atoms with Crippen LogP contribution in [-0.2, 0) is 9.53 Å². The zero-order chi connectivity index (χ0) is 16.4. The molecule has 2 aliphatic rings. The number of carbonyl (C=O) groups excluding carboxylic acids is 1. The Hall–Kier alpha value is -1.16. The number of ether oxygens (including phenoxy) is 1. The SMILES string of the molecule is O=C(NCCSCC(F)(F)F)N1C[C@@H]2COC[C@]2(C(=O)O)C1. The lowest BCUT2D eigenvalue weighted by Gasteiger charge is -2.22. The van der Waals surface area contributed by atoms with E-state index in [0.29, 0.717) is 18.4 Å². The van der Waals surface area contributed by atoms with Crippen LogP contribution in [-0.4, -0.2) is 72.5 Å². The maximum absolute atomic E-state index is 12.0. The van der Waals surface area contributed by atoms with Crippen LogP contribution >= 0.6 is 11.8 Å². The van der Waals surface area contributed by atoms with Gasteiger partial charge in [-0.2, -0.15) is 24.9 Å². The Bertz CT molecular complexity index is 449. The van der Waals surface area contributed by atoms with Crippen molar-refractivity contribution in [2.75, 3.05) is 44.4 Å². The minimum atomic E-state index is -4.21. The first kappa shape index (κ1) is 17.2. The molecule has 0 aliphatic carbocycles. The summed E-state index contributed by atoms with van der Waals surface area (Å²) in [5.74, 6) is -2.02. The molecule has 0 aromatic carbocycles. The molecule has 22 heavy (non-hydrogen) atoms. The molecule has 2 rings (SSSR count). The van der Waals surface area contributed by atoms with Crippen LogP contribution in [0.5, 0.6) is 0 Å². The van der Waals surface area contributed by atoms with Crippen molar-refractivity contribution >= 4 is 23.8 Å². The highest BCUT2D eigenvalue weighted by molar-refractivity contribution is 7.99. The van der Waals surface area contributed by atoms with E-state index in [1.54, 1.807) is 0 Å². The largest absolute Gasteiger partial charge is 0.481 e. The summed E-state index contributed by atoms with van der Waals surface area (Å²) in [6.07, 6.45) is -4.21. The third-order valence-corrected chi connectivity index (χ3v) is 4.90. The lowest BCUT2D eigenvalue weighted by Crippen LogP contribution is -2.43. The third-order valence-electron chi connectivity index (χ3n) is 3.88. The number of amides is 2. The Labute approximate surface area is 129 Å². The van der Waals surface area contributed by atoms with E-state index in [1.165, 1.54) is 4.90 Å². The third kappa shape index (κ3) is 3.78. The van der Waals surface area contributed by atoms with Gasteiger partial charge in [0.05, 0.1) is 19.0 Å². The number of rotatable bonds is 5. The van der Waals surface area contributed by atoms with Gasteiger partial charge in [-0.3, -0.25) is 4.79 Å². The number of nitrogens with one attached hydrogen (secondary N) is 1. The maximum Gasteiger partial charge on any atom is 0.397 e. The Morgan fingerprint density at radius 3 is 2.77 bits per heavy atom. The molecule has 0 bridgehead atoms. The first-order valence-electron chi connectivity index (χ1n) is 6.73. The second kappa shape index (κ2) is 6.53. The van der Waals surface area contributed by atoms with Crippen molar-refractivity contribution < 1.29 is 32.6 Å². The fourth-order valence-corrected chi connectivity index (χ4v) is 3.34. The number of nitrogens with zero attached hydrogens (tertiary/aromatic N) is 1. The van der Waals surface area contributed by atoms with Gasteiger partial charge in [0.2, 0.25) is 0 Å². The molecule has 2 heterocycles. The maximum atomic E-state index is 12.0. The van der Waals surface area contributed by atoms with E-state index < -0.39 is 29.3 Å². The molecule has 0 radical (unpaired) electrons. The molecule has 2 N–H and O–H groups in total. The lowest BCUT2D eigenvalue weighted by molar-refractivity contribution is -0.149. The van der Waals surface area contributed by atoms with Crippen LogP contribution in [0.1, 0.15) is 0 Å². The van der Waals surface area contributed by atoms with Gasteiger partial charge in [-0.25, -0.2) is 4.79 Å². The molecular formula is C12H17F3N2O4S. The highest BCUT2D eigenvalue weighted by Gasteiger charge is 2.57. The van der Waals surface area contributed by atoms with Crippen LogP contribution < -0.4 is 5.32 Å². The summed E-state index contributed by atoms with van der Waals surface area (Å²) in [6.45, 7) is 0.843. The molecule has 2 aliphatic heterocycles. The molecular weight excluding hydrogens is 325 g/mol. The van der Waals surface area contributed by atoms with Crippen LogP contribution in [0.15, 0.2) is 0 Å². The monoisotopic (exact) mass is 342 g/mol. The van der Waals surface area contributed by atoms with E-state index >= 15 is 0 Å². The highest BCUT2D eigenvalue weighted by atomic mass is 32.2. The predicted octanol–water partition coefficient (Wildman–Crippen LogP) is 1.02. The molecule has 2 saturated heterocycles. The second-order valence-corrected chi connectivity index (χ2v) is 6.56. The normalized spacial score (nSPS) is 27.8. The van der Waals surface area contributed by atoms with Gasteiger partial charge in [0, 0.05) is 31.3 Å². The zero-order valence-corrected chi connectivity index (χ0v) is 12.5. The molecule has 2 fully saturated rings. The Morgan fingerprint density at radius 1 is 1.45 bits per heavy atom. The molecule has 0 aromatic heterocycles. The number of hydrogen-bond acceptors (Lipinski definition) is 4. The van der Waals surface area contributed by atoms with Crippen molar-refractivity contribution in [2.24, 2.45) is 11.3 Å². The van der Waals surface area contributed by atoms with Crippen LogP contribution in [0.3, 0.4) is 0 Å². The van der Waals surface area contributed by atoms with E-state index in [-0.39, 0.29) is 37.9 Å². The quantitative estimate of drug-likeness (QED) is 0.730. The molecule has 2 amide bonds. The summed E-state index contributed by atoms with van der Waals surface area (Å²) >= 11 is 0.693. The van der Waals surface area contributed by atoms with Crippen LogP contribution in [0.25, 0.3) is 0 Å². The fraction of sp³-hybridized carbons (Fsp3) is 0.833. The fourth-order valence-electron chi connectivity index (χ4n) is 2.72. The number of fused-ring (bicyclic) bond motifs is 1. The molecule has 6 nitrogen and oxygen atoms in total. The standard InChI is InChI=1S/C12H17F3N2O4S/c13-12(14,15)7-22-2-1-16-10(20)17-3-8-4-21-6-11(8,5-17)9(18)19/h8H,1-7H2,(H,16,20)(H,18,19)/t8-,11-/m1/s1. The van der Waals surface area contributed by atoms with Crippen molar-refractivity contribution in [3.05, 3.63) is 0 Å². The summed E-state index contributed by atoms with van der Waals surface area (Å²) < 4.78 is 41.1. The number of halogens is 3. The number of carboxylic acids is 1. The number of thioether (sulfide) groups is 1. The summed E-state index contributed by atoms with van der Waals surface area (Å²) in [6, 6.07) is -0.442. The Balaban J connectivity index is 1.74. The average molecular weight is 342 g/mol. The molecule has 2 atom stereocenters. The van der Waals surface area contributed by atoms with Gasteiger partial charge < -0.3 is 20.1 Å². The Kier molecular flexibility index (Phi) is 5.10. The van der Waals surface area contributed by atoms with Crippen LogP contribution in [0.2, 0.25) is 0 Å². The van der Waals surface area contributed by atoms with E-state index in [2.05, 4.69) is 5.32 Å². The number of likely N-dealkylation sites (tertiary alicyclic amines) is 1. The Morgan fingerprint density at radius 2 is 2.18 bits per heavy atom. The topological polar surface area (TPSA) is 78.9 Å². The van der Waals surface area contributed by atoms with E-state index in [9.17, 15) is 27.9 Å². The molecule has 126 valence electrons. The van der Waals surface area contributed by atoms with Crippen LogP contribution in [0, 0.1) is 11.3 Å². The smallest absolute Gasteiger partial charge is 0.397 e. The van der Waals surface area contributed by atoms with Crippen molar-refractivity contribution in [1.82, 2.24) is 10.2 Å². The summed E-state index contributed by atoms with van der Waals surface area (Å²) in [5, 5.41) is 11.9. The van der Waals surface area contributed by atoms with Crippen molar-refractivity contribution in [1.29, 1.82) is 0 Å². The van der Waals surface area contributed by atoms with Crippen molar-refractivity contribution in [3.63, 3.8) is 0 Å². The van der Waals surface area contributed by atoms with E-state index in [4.69, 9.17) is 4.74 Å². The molecule has 0 aromatic rings. The van der Waals surface area contributed by atoms with Crippen LogP contribution in [0.4, 0.5) is 18.0 Å². The highest BCUT2D eigenvalue weighted by Crippen LogP contribution is 2.41. The van der Waals surface area contributed by atoms with Gasteiger partial charge in [-0.15, -0.1) is 0 Å². The molecule has 0 spiro atoms. The van der Waals surface area contributed by atoms with Crippen molar-refractivity contribution in [3.8, 4) is 0 Å². The summed E-state index contributed by atoms with van der Waals surface area (Å²) in [7, 11) is 0. The average Bonchev–Trinajstić information content (AvgIpc) is 2.93. The number of alkyl halides is 3. The first-order chi connectivity index (χ1) is 10.2. The minimum absolute atomic E-state index is 0.0640. The number of aliphatic carboxylic acids is 1. The van der Waals surface area contributed by atoms with Gasteiger partial charge in [-0.05, 0) is 0 Å². The molecule has 0 saturated carbocycles. The van der Waals surface area contributed by atoms with Crippen molar-refractivity contribution in [2.45, 2.75) is 6.18 Å². The van der Waals surface area contributed by atoms with Gasteiger partial charge in [0.25, 0.3) is 0 Å². The molecule has 10 heteroatoms. The van der Waals surface area contributed by atoms with Gasteiger partial charge in [-0.1, -0.05) is 0 Å². The lowest BCUT2D eigenvalue weighted by atomic mass is 9.81. The number of urea groups is 1. The van der Waals surface area contributed by atoms with Gasteiger partial charge >= 0.3 is 18.2 Å². The molecule has 0 unspecified atom stereocenters. The number of hydrogen-bond donors (Lipinski definition) is 2. The summed E-state index contributed by atoms with van der Waals surface area (Å²) in [4.78, 5) is 24.8. The predicted molar refractivity (Wildman–Crippen MR) is 72.7 cm³/mol. The number of carboxylic acid groups (broad SMARTS) is 1. The second-order valence-electron chi connectivity index (χ2n) is 5.45. The van der Waals surface area contributed by atoms with Gasteiger partial charge in [0.15, 0.2) is 0 Å². The minimum Gasteiger partial charge on any atom is -0.481 e. The summed E-state index contributed by atoms with van der Waals surface area (Å²) in [5.41, 5.74) is -1.05. The van der Waals surface area contributed by atoms with E-state index in [0.717, 1.165) is 0 Å². The number of carbonyl (C=O) groups is 2. The first-order valence-corrected chi connectivity index (χ1v) is 7.88. The van der Waals surface area contributed by atoms with Gasteiger partial charge in [0.1, 0.15) is 5.41 Å².